The molecule has 0 aliphatic rings. The number of rotatable bonds is 1. The summed E-state index contributed by atoms with van der Waals surface area (Å²) in [6, 6.07) is 3.73. The van der Waals surface area contributed by atoms with Crippen LogP contribution in [0.4, 0.5) is 0 Å². The Hall–Kier alpha value is -1.35. The van der Waals surface area contributed by atoms with Crippen molar-refractivity contribution in [1.29, 1.82) is 0 Å². The molecular weight excluding hydrogens is 198 g/mol. The van der Waals surface area contributed by atoms with Crippen molar-refractivity contribution in [2.75, 3.05) is 0 Å². The van der Waals surface area contributed by atoms with Gasteiger partial charge in [-0.25, -0.2) is 9.67 Å². The van der Waals surface area contributed by atoms with Gasteiger partial charge >= 0.3 is 0 Å². The third-order valence-electron chi connectivity index (χ3n) is 2.13. The Morgan fingerprint density at radius 1 is 1.36 bits per heavy atom. The van der Waals surface area contributed by atoms with Gasteiger partial charge in [0.2, 0.25) is 0 Å². The van der Waals surface area contributed by atoms with Crippen molar-refractivity contribution >= 4 is 11.6 Å². The zero-order valence-corrected chi connectivity index (χ0v) is 8.78. The van der Waals surface area contributed by atoms with Crippen LogP contribution in [0.25, 0.3) is 5.69 Å². The van der Waals surface area contributed by atoms with Gasteiger partial charge in [0, 0.05) is 12.4 Å². The van der Waals surface area contributed by atoms with Crippen molar-refractivity contribution in [1.82, 2.24) is 14.8 Å². The van der Waals surface area contributed by atoms with Crippen LogP contribution in [0.3, 0.4) is 0 Å². The summed E-state index contributed by atoms with van der Waals surface area (Å²) in [4.78, 5) is 4.00. The Balaban J connectivity index is 2.55. The van der Waals surface area contributed by atoms with Gasteiger partial charge in [0.1, 0.15) is 5.69 Å². The Kier molecular flexibility index (Phi) is 2.25. The van der Waals surface area contributed by atoms with E-state index >= 15 is 0 Å². The Labute approximate surface area is 87.3 Å². The van der Waals surface area contributed by atoms with Gasteiger partial charge in [-0.3, -0.25) is 0 Å². The standard InChI is InChI=1S/C10H10ClN3/c1-7-6-14(13-8(7)2)9-4-3-5-12-10(9)11/h3-6H,1-2H3. The van der Waals surface area contributed by atoms with Crippen LogP contribution in [0.5, 0.6) is 0 Å². The van der Waals surface area contributed by atoms with Crippen molar-refractivity contribution in [2.24, 2.45) is 0 Å². The summed E-state index contributed by atoms with van der Waals surface area (Å²) in [6.45, 7) is 3.99. The van der Waals surface area contributed by atoms with Gasteiger partial charge in [0.05, 0.1) is 5.69 Å². The molecule has 3 nitrogen and oxygen atoms in total. The van der Waals surface area contributed by atoms with Gasteiger partial charge in [-0.1, -0.05) is 11.6 Å². The molecule has 0 aliphatic carbocycles. The quantitative estimate of drug-likeness (QED) is 0.673. The van der Waals surface area contributed by atoms with Crippen molar-refractivity contribution in [2.45, 2.75) is 13.8 Å². The molecule has 14 heavy (non-hydrogen) atoms. The van der Waals surface area contributed by atoms with E-state index in [1.54, 1.807) is 10.9 Å². The van der Waals surface area contributed by atoms with Gasteiger partial charge in [-0.15, -0.1) is 0 Å². The Morgan fingerprint density at radius 3 is 2.71 bits per heavy atom. The van der Waals surface area contributed by atoms with Crippen LogP contribution in [0, 0.1) is 13.8 Å². The van der Waals surface area contributed by atoms with Gasteiger partial charge in [-0.05, 0) is 31.5 Å². The second-order valence-electron chi connectivity index (χ2n) is 3.16. The highest BCUT2D eigenvalue weighted by atomic mass is 35.5. The summed E-state index contributed by atoms with van der Waals surface area (Å²) in [5.74, 6) is 0. The van der Waals surface area contributed by atoms with E-state index < -0.39 is 0 Å². The molecule has 0 spiro atoms. The van der Waals surface area contributed by atoms with Crippen molar-refractivity contribution in [3.8, 4) is 5.69 Å². The molecule has 0 saturated carbocycles. The third kappa shape index (κ3) is 1.51. The smallest absolute Gasteiger partial charge is 0.154 e. The highest BCUT2D eigenvalue weighted by Gasteiger charge is 2.05. The minimum absolute atomic E-state index is 0.468. The molecule has 0 fully saturated rings. The molecule has 0 aliphatic heterocycles. The lowest BCUT2D eigenvalue weighted by atomic mass is 10.3. The molecule has 0 N–H and O–H groups in total. The average molecular weight is 208 g/mol. The third-order valence-corrected chi connectivity index (χ3v) is 2.42. The average Bonchev–Trinajstić information content (AvgIpc) is 2.48. The van der Waals surface area contributed by atoms with E-state index in [1.165, 1.54) is 0 Å². The maximum absolute atomic E-state index is 5.95. The highest BCUT2D eigenvalue weighted by molar-refractivity contribution is 6.31. The maximum atomic E-state index is 5.95. The molecule has 0 bridgehead atoms. The van der Waals surface area contributed by atoms with Crippen LogP contribution < -0.4 is 0 Å². The fourth-order valence-corrected chi connectivity index (χ4v) is 1.42. The summed E-state index contributed by atoms with van der Waals surface area (Å²) >= 11 is 5.95. The monoisotopic (exact) mass is 207 g/mol. The van der Waals surface area contributed by atoms with Crippen LogP contribution >= 0.6 is 11.6 Å². The molecule has 72 valence electrons. The van der Waals surface area contributed by atoms with E-state index in [9.17, 15) is 0 Å². The largest absolute Gasteiger partial charge is 0.242 e. The topological polar surface area (TPSA) is 30.7 Å². The molecule has 2 heterocycles. The minimum atomic E-state index is 0.468. The molecule has 4 heteroatoms. The van der Waals surface area contributed by atoms with E-state index in [0.717, 1.165) is 16.9 Å². The van der Waals surface area contributed by atoms with E-state index in [1.807, 2.05) is 32.2 Å². The fraction of sp³-hybridized carbons (Fsp3) is 0.200. The van der Waals surface area contributed by atoms with Crippen LogP contribution in [-0.2, 0) is 0 Å². The predicted octanol–water partition coefficient (Wildman–Crippen LogP) is 2.54. The van der Waals surface area contributed by atoms with E-state index in [4.69, 9.17) is 11.6 Å². The highest BCUT2D eigenvalue weighted by Crippen LogP contribution is 2.17. The van der Waals surface area contributed by atoms with Gasteiger partial charge in [-0.2, -0.15) is 5.10 Å². The number of halogens is 1. The fourth-order valence-electron chi connectivity index (χ4n) is 1.22. The molecule has 0 amide bonds. The molecule has 0 unspecified atom stereocenters. The van der Waals surface area contributed by atoms with Crippen molar-refractivity contribution < 1.29 is 0 Å². The van der Waals surface area contributed by atoms with Gasteiger partial charge in [0.25, 0.3) is 0 Å². The number of hydrogen-bond acceptors (Lipinski definition) is 2. The molecule has 2 aromatic heterocycles. The normalized spacial score (nSPS) is 10.5. The zero-order chi connectivity index (χ0) is 10.1. The second kappa shape index (κ2) is 3.42. The first kappa shape index (κ1) is 9.21. The van der Waals surface area contributed by atoms with E-state index in [2.05, 4.69) is 10.1 Å². The lowest BCUT2D eigenvalue weighted by Gasteiger charge is -2.01. The summed E-state index contributed by atoms with van der Waals surface area (Å²) in [7, 11) is 0. The Bertz CT molecular complexity index is 443. The van der Waals surface area contributed by atoms with Gasteiger partial charge in [0.15, 0.2) is 5.15 Å². The lowest BCUT2D eigenvalue weighted by molar-refractivity contribution is 0.857. The molecule has 0 atom stereocenters. The Morgan fingerprint density at radius 2 is 2.14 bits per heavy atom. The van der Waals surface area contributed by atoms with Crippen LogP contribution in [0.2, 0.25) is 5.15 Å². The summed E-state index contributed by atoms with van der Waals surface area (Å²) in [6.07, 6.45) is 3.60. The molecule has 0 aromatic carbocycles. The van der Waals surface area contributed by atoms with E-state index in [-0.39, 0.29) is 0 Å². The zero-order valence-electron chi connectivity index (χ0n) is 8.03. The van der Waals surface area contributed by atoms with Crippen LogP contribution in [-0.4, -0.2) is 14.8 Å². The number of aromatic nitrogens is 3. The number of pyridine rings is 1. The number of aryl methyl sites for hydroxylation is 2. The summed E-state index contributed by atoms with van der Waals surface area (Å²) in [5, 5.41) is 4.80. The molecule has 2 aromatic rings. The first-order valence-corrected chi connectivity index (χ1v) is 4.70. The van der Waals surface area contributed by atoms with Crippen LogP contribution in [0.15, 0.2) is 24.5 Å². The molecule has 0 saturated heterocycles. The summed E-state index contributed by atoms with van der Waals surface area (Å²) < 4.78 is 1.75. The second-order valence-corrected chi connectivity index (χ2v) is 3.51. The SMILES string of the molecule is Cc1cn(-c2cccnc2Cl)nc1C. The predicted molar refractivity (Wildman–Crippen MR) is 55.8 cm³/mol. The van der Waals surface area contributed by atoms with Gasteiger partial charge < -0.3 is 0 Å². The van der Waals surface area contributed by atoms with Crippen molar-refractivity contribution in [3.05, 3.63) is 40.9 Å². The summed E-state index contributed by atoms with van der Waals surface area (Å²) in [5.41, 5.74) is 2.96. The molecular formula is C10H10ClN3. The maximum Gasteiger partial charge on any atom is 0.154 e. The number of nitrogens with zero attached hydrogens (tertiary/aromatic N) is 3. The lowest BCUT2D eigenvalue weighted by Crippen LogP contribution is -1.96. The van der Waals surface area contributed by atoms with Crippen molar-refractivity contribution in [3.63, 3.8) is 0 Å². The first-order valence-electron chi connectivity index (χ1n) is 4.32. The molecule has 2 rings (SSSR count). The minimum Gasteiger partial charge on any atom is -0.242 e. The number of hydrogen-bond donors (Lipinski definition) is 0. The first-order chi connectivity index (χ1) is 6.68. The molecule has 0 radical (unpaired) electrons. The van der Waals surface area contributed by atoms with Crippen LogP contribution in [0.1, 0.15) is 11.3 Å². The van der Waals surface area contributed by atoms with E-state index in [0.29, 0.717) is 5.15 Å².